The van der Waals surface area contributed by atoms with Crippen molar-refractivity contribution < 1.29 is 43.3 Å². The number of thioether (sulfide) groups is 1. The molecule has 18 heteroatoms. The summed E-state index contributed by atoms with van der Waals surface area (Å²) in [5.74, 6) is -2.98. The number of hydrogen-bond acceptors (Lipinski definition) is 12. The van der Waals surface area contributed by atoms with E-state index in [0.717, 1.165) is 4.90 Å². The molecular formula is C29H28ClN5O11S. The van der Waals surface area contributed by atoms with Gasteiger partial charge >= 0.3 is 11.9 Å². The molecule has 248 valence electrons. The number of esters is 2. The molecule has 47 heavy (non-hydrogen) atoms. The van der Waals surface area contributed by atoms with E-state index in [0.29, 0.717) is 11.1 Å². The number of benzene rings is 2. The van der Waals surface area contributed by atoms with Crippen molar-refractivity contribution in [3.63, 3.8) is 0 Å². The van der Waals surface area contributed by atoms with Crippen LogP contribution < -0.4 is 10.6 Å². The molecule has 2 aliphatic rings. The van der Waals surface area contributed by atoms with Crippen molar-refractivity contribution in [2.24, 2.45) is 0 Å². The highest BCUT2D eigenvalue weighted by Crippen LogP contribution is 2.41. The van der Waals surface area contributed by atoms with Crippen molar-refractivity contribution in [2.45, 2.75) is 56.9 Å². The highest BCUT2D eigenvalue weighted by molar-refractivity contribution is 8.00. The molecule has 0 bridgehead atoms. The Morgan fingerprint density at radius 3 is 2.06 bits per heavy atom. The first-order valence-electron chi connectivity index (χ1n) is 14.1. The Kier molecular flexibility index (Phi) is 11.5. The molecule has 0 aromatic heterocycles. The third-order valence-corrected chi connectivity index (χ3v) is 8.79. The number of nitro benzene ring substituents is 2. The van der Waals surface area contributed by atoms with Crippen molar-refractivity contribution in [1.82, 2.24) is 15.5 Å². The van der Waals surface area contributed by atoms with Crippen LogP contribution >= 0.6 is 23.4 Å². The Morgan fingerprint density at radius 1 is 0.979 bits per heavy atom. The summed E-state index contributed by atoms with van der Waals surface area (Å²) in [5, 5.41) is 26.2. The predicted octanol–water partition coefficient (Wildman–Crippen LogP) is 2.81. The maximum absolute atomic E-state index is 13.0. The van der Waals surface area contributed by atoms with Crippen LogP contribution in [0, 0.1) is 20.2 Å². The van der Waals surface area contributed by atoms with E-state index in [9.17, 15) is 44.2 Å². The van der Waals surface area contributed by atoms with Gasteiger partial charge in [0.2, 0.25) is 11.8 Å². The molecule has 2 heterocycles. The zero-order chi connectivity index (χ0) is 34.2. The summed E-state index contributed by atoms with van der Waals surface area (Å²) < 4.78 is 10.6. The van der Waals surface area contributed by atoms with Gasteiger partial charge in [0, 0.05) is 43.4 Å². The predicted molar refractivity (Wildman–Crippen MR) is 165 cm³/mol. The molecule has 2 aliphatic heterocycles. The van der Waals surface area contributed by atoms with E-state index in [1.54, 1.807) is 0 Å². The molecule has 3 amide bonds. The lowest BCUT2D eigenvalue weighted by Gasteiger charge is -2.49. The van der Waals surface area contributed by atoms with Gasteiger partial charge in [-0.05, 0) is 48.2 Å². The number of hydrogen-bond donors (Lipinski definition) is 2. The van der Waals surface area contributed by atoms with Gasteiger partial charge in [-0.15, -0.1) is 11.8 Å². The zero-order valence-corrected chi connectivity index (χ0v) is 26.3. The van der Waals surface area contributed by atoms with Crippen LogP contribution in [0.15, 0.2) is 59.3 Å². The molecular weight excluding hydrogens is 662 g/mol. The van der Waals surface area contributed by atoms with Gasteiger partial charge in [0.05, 0.1) is 14.9 Å². The SMILES string of the molecule is CC(=O)NC(CCCC(=O)NC1C(=O)N2C(C(=O)OCc3ccc([N+](=O)[O-])cc3)=C(Cl)CS[C@@H]12)C(=O)OCc1ccc([N+](=O)[O-])cc1. The molecule has 16 nitrogen and oxygen atoms in total. The maximum atomic E-state index is 13.0. The lowest BCUT2D eigenvalue weighted by atomic mass is 10.0. The lowest BCUT2D eigenvalue weighted by Crippen LogP contribution is -2.70. The highest BCUT2D eigenvalue weighted by Gasteiger charge is 2.54. The average Bonchev–Trinajstić information content (AvgIpc) is 3.04. The number of non-ortho nitro benzene ring substituents is 2. The van der Waals surface area contributed by atoms with Crippen molar-refractivity contribution in [2.75, 3.05) is 5.75 Å². The molecule has 0 saturated carbocycles. The fourth-order valence-corrected chi connectivity index (χ4v) is 6.23. The number of nitrogens with zero attached hydrogens (tertiary/aromatic N) is 3. The van der Waals surface area contributed by atoms with E-state index in [1.165, 1.54) is 67.2 Å². The Hall–Kier alpha value is -5.03. The monoisotopic (exact) mass is 689 g/mol. The minimum Gasteiger partial charge on any atom is -0.459 e. The van der Waals surface area contributed by atoms with Crippen LogP contribution in [0.4, 0.5) is 11.4 Å². The zero-order valence-electron chi connectivity index (χ0n) is 24.7. The molecule has 4 rings (SSSR count). The first kappa shape index (κ1) is 34.8. The maximum Gasteiger partial charge on any atom is 0.356 e. The van der Waals surface area contributed by atoms with Gasteiger partial charge < -0.3 is 20.1 Å². The Bertz CT molecular complexity index is 1620. The number of carbonyl (C=O) groups excluding carboxylic acids is 5. The van der Waals surface area contributed by atoms with Crippen LogP contribution in [0.25, 0.3) is 0 Å². The lowest BCUT2D eigenvalue weighted by molar-refractivity contribution is -0.385. The highest BCUT2D eigenvalue weighted by atomic mass is 35.5. The van der Waals surface area contributed by atoms with Gasteiger partial charge in [0.1, 0.15) is 36.4 Å². The smallest absolute Gasteiger partial charge is 0.356 e. The number of β-lactam (4-membered cyclic amide) rings is 1. The van der Waals surface area contributed by atoms with Gasteiger partial charge in [-0.3, -0.25) is 39.5 Å². The summed E-state index contributed by atoms with van der Waals surface area (Å²) >= 11 is 7.52. The number of nitrogens with one attached hydrogen (secondary N) is 2. The number of fused-ring (bicyclic) bond motifs is 1. The average molecular weight is 690 g/mol. The molecule has 0 aliphatic carbocycles. The summed E-state index contributed by atoms with van der Waals surface area (Å²) in [6.45, 7) is 0.825. The molecule has 1 fully saturated rings. The molecule has 0 radical (unpaired) electrons. The summed E-state index contributed by atoms with van der Waals surface area (Å²) in [5.41, 5.74) is 0.609. The number of amides is 3. The third kappa shape index (κ3) is 8.82. The molecule has 2 unspecified atom stereocenters. The number of ether oxygens (including phenoxy) is 2. The molecule has 2 N–H and O–H groups in total. The minimum absolute atomic E-state index is 0.0537. The Morgan fingerprint density at radius 2 is 1.53 bits per heavy atom. The molecule has 0 spiro atoms. The van der Waals surface area contributed by atoms with Gasteiger partial charge in [0.25, 0.3) is 17.3 Å². The van der Waals surface area contributed by atoms with Crippen LogP contribution in [-0.2, 0) is 46.7 Å². The molecule has 2 aromatic rings. The fraction of sp³-hybridized carbons (Fsp3) is 0.345. The second kappa shape index (κ2) is 15.5. The summed E-state index contributed by atoms with van der Waals surface area (Å²) in [6.07, 6.45) is 0.115. The summed E-state index contributed by atoms with van der Waals surface area (Å²) in [7, 11) is 0. The quantitative estimate of drug-likeness (QED) is 0.127. The van der Waals surface area contributed by atoms with E-state index < -0.39 is 57.0 Å². The first-order chi connectivity index (χ1) is 22.3. The van der Waals surface area contributed by atoms with Gasteiger partial charge in [-0.1, -0.05) is 11.6 Å². The van der Waals surface area contributed by atoms with Crippen LogP contribution in [0.1, 0.15) is 37.3 Å². The minimum atomic E-state index is -1.06. The van der Waals surface area contributed by atoms with Crippen molar-refractivity contribution in [1.29, 1.82) is 0 Å². The van der Waals surface area contributed by atoms with Crippen molar-refractivity contribution in [3.05, 3.63) is 90.6 Å². The molecule has 1 saturated heterocycles. The second-order valence-corrected chi connectivity index (χ2v) is 11.9. The first-order valence-corrected chi connectivity index (χ1v) is 15.5. The van der Waals surface area contributed by atoms with Crippen LogP contribution in [0.2, 0.25) is 0 Å². The van der Waals surface area contributed by atoms with Gasteiger partial charge in [-0.2, -0.15) is 0 Å². The van der Waals surface area contributed by atoms with Crippen LogP contribution in [0.5, 0.6) is 0 Å². The number of halogens is 1. The van der Waals surface area contributed by atoms with E-state index in [4.69, 9.17) is 21.1 Å². The second-order valence-electron chi connectivity index (χ2n) is 10.4. The number of nitro groups is 2. The topological polar surface area (TPSA) is 217 Å². The summed E-state index contributed by atoms with van der Waals surface area (Å²) in [6, 6.07) is 8.83. The van der Waals surface area contributed by atoms with E-state index in [-0.39, 0.29) is 60.3 Å². The number of carbonyl (C=O) groups is 5. The fourth-order valence-electron chi connectivity index (χ4n) is 4.68. The van der Waals surface area contributed by atoms with E-state index in [1.807, 2.05) is 0 Å². The largest absolute Gasteiger partial charge is 0.459 e. The molecule has 2 aromatic carbocycles. The Labute approximate surface area is 276 Å². The summed E-state index contributed by atoms with van der Waals surface area (Å²) in [4.78, 5) is 84.6. The normalized spacial score (nSPS) is 17.5. The van der Waals surface area contributed by atoms with Crippen LogP contribution in [-0.4, -0.2) is 67.6 Å². The van der Waals surface area contributed by atoms with Crippen molar-refractivity contribution >= 4 is 64.4 Å². The van der Waals surface area contributed by atoms with Crippen molar-refractivity contribution in [3.8, 4) is 0 Å². The van der Waals surface area contributed by atoms with Gasteiger partial charge in [-0.25, -0.2) is 9.59 Å². The van der Waals surface area contributed by atoms with Gasteiger partial charge in [0.15, 0.2) is 0 Å². The Balaban J connectivity index is 1.25. The van der Waals surface area contributed by atoms with Crippen LogP contribution in [0.3, 0.4) is 0 Å². The molecule has 3 atom stereocenters. The third-order valence-electron chi connectivity index (χ3n) is 7.04. The number of rotatable bonds is 14. The van der Waals surface area contributed by atoms with E-state index in [2.05, 4.69) is 10.6 Å². The van der Waals surface area contributed by atoms with E-state index >= 15 is 0 Å². The standard InChI is InChI=1S/C29H28ClN5O11S/c1-16(36)31-22(28(39)45-13-17-5-9-19(10-6-17)34(41)42)3-2-4-23(37)32-24-26(38)33-25(21(30)15-47-27(24)33)29(40)46-14-18-7-11-20(12-8-18)35(43)44/h5-12,22,24,27H,2-4,13-15H2,1H3,(H,31,36)(H,32,37)/t22?,24?,27-/m0/s1.